The fourth-order valence-electron chi connectivity index (χ4n) is 3.05. The van der Waals surface area contributed by atoms with Crippen molar-refractivity contribution in [1.29, 1.82) is 0 Å². The molecule has 0 saturated carbocycles. The van der Waals surface area contributed by atoms with E-state index in [1.807, 2.05) is 25.1 Å². The zero-order valence-corrected chi connectivity index (χ0v) is 13.5. The number of rotatable bonds is 2. The minimum atomic E-state index is -0.895. The standard InChI is InChI=1S/C19H14O3S/c1-10-3-6-16-14(7-10)17-15(19(20)21)8-11-4-5-12(22-2)9-13(11)18(17)23-16/h3-9H,1-2H3,(H,20,21). The van der Waals surface area contributed by atoms with Crippen molar-refractivity contribution < 1.29 is 14.6 Å². The number of ether oxygens (including phenoxy) is 1. The Bertz CT molecular complexity index is 1090. The topological polar surface area (TPSA) is 46.5 Å². The van der Waals surface area contributed by atoms with E-state index >= 15 is 0 Å². The molecule has 0 aliphatic heterocycles. The third kappa shape index (κ3) is 2.06. The maximum Gasteiger partial charge on any atom is 0.336 e. The zero-order valence-electron chi connectivity index (χ0n) is 12.7. The van der Waals surface area contributed by atoms with E-state index in [1.54, 1.807) is 24.5 Å². The van der Waals surface area contributed by atoms with Crippen LogP contribution in [0.4, 0.5) is 0 Å². The van der Waals surface area contributed by atoms with Crippen molar-refractivity contribution in [3.63, 3.8) is 0 Å². The molecule has 0 aliphatic rings. The number of carbonyl (C=O) groups is 1. The summed E-state index contributed by atoms with van der Waals surface area (Å²) in [5, 5.41) is 13.4. The van der Waals surface area contributed by atoms with Crippen molar-refractivity contribution in [3.05, 3.63) is 53.6 Å². The average Bonchev–Trinajstić information content (AvgIpc) is 2.92. The zero-order chi connectivity index (χ0) is 16.1. The van der Waals surface area contributed by atoms with E-state index < -0.39 is 5.97 Å². The van der Waals surface area contributed by atoms with Gasteiger partial charge in [-0.25, -0.2) is 4.79 Å². The van der Waals surface area contributed by atoms with Crippen molar-refractivity contribution in [1.82, 2.24) is 0 Å². The lowest BCUT2D eigenvalue weighted by atomic mass is 9.99. The Hall–Kier alpha value is -2.59. The van der Waals surface area contributed by atoms with Crippen LogP contribution in [0.25, 0.3) is 30.9 Å². The Morgan fingerprint density at radius 3 is 2.65 bits per heavy atom. The number of aromatic carboxylic acids is 1. The number of thiophene rings is 1. The van der Waals surface area contributed by atoms with Gasteiger partial charge in [0.05, 0.1) is 12.7 Å². The van der Waals surface area contributed by atoms with Gasteiger partial charge in [-0.15, -0.1) is 11.3 Å². The fraction of sp³-hybridized carbons (Fsp3) is 0.105. The third-order valence-corrected chi connectivity index (χ3v) is 5.35. The van der Waals surface area contributed by atoms with Gasteiger partial charge in [0.2, 0.25) is 0 Å². The maximum atomic E-state index is 11.8. The molecule has 0 fully saturated rings. The number of fused-ring (bicyclic) bond motifs is 5. The first kappa shape index (κ1) is 14.0. The van der Waals surface area contributed by atoms with Gasteiger partial charge in [0.15, 0.2) is 0 Å². The van der Waals surface area contributed by atoms with E-state index in [1.165, 1.54) is 0 Å². The minimum absolute atomic E-state index is 0.356. The fourth-order valence-corrected chi connectivity index (χ4v) is 4.29. The summed E-state index contributed by atoms with van der Waals surface area (Å²) in [6.45, 7) is 2.02. The molecule has 0 bridgehead atoms. The summed E-state index contributed by atoms with van der Waals surface area (Å²) in [7, 11) is 1.64. The van der Waals surface area contributed by atoms with E-state index in [0.29, 0.717) is 5.56 Å². The van der Waals surface area contributed by atoms with Gasteiger partial charge in [0, 0.05) is 25.6 Å². The van der Waals surface area contributed by atoms with Crippen molar-refractivity contribution in [3.8, 4) is 5.75 Å². The van der Waals surface area contributed by atoms with Gasteiger partial charge in [-0.1, -0.05) is 17.7 Å². The van der Waals surface area contributed by atoms with E-state index in [0.717, 1.165) is 42.3 Å². The molecule has 3 aromatic carbocycles. The molecule has 0 saturated heterocycles. The third-order valence-electron chi connectivity index (χ3n) is 4.15. The highest BCUT2D eigenvalue weighted by Gasteiger charge is 2.17. The molecule has 1 aromatic heterocycles. The van der Waals surface area contributed by atoms with Crippen molar-refractivity contribution in [2.24, 2.45) is 0 Å². The molecule has 4 heteroatoms. The highest BCUT2D eigenvalue weighted by Crippen LogP contribution is 2.41. The van der Waals surface area contributed by atoms with Crippen LogP contribution in [0.5, 0.6) is 5.75 Å². The normalized spacial score (nSPS) is 11.4. The summed E-state index contributed by atoms with van der Waals surface area (Å²) in [6.07, 6.45) is 0. The number of benzene rings is 3. The molecule has 0 radical (unpaired) electrons. The van der Waals surface area contributed by atoms with Crippen LogP contribution < -0.4 is 4.74 Å². The maximum absolute atomic E-state index is 11.8. The van der Waals surface area contributed by atoms with Gasteiger partial charge in [0.25, 0.3) is 0 Å². The van der Waals surface area contributed by atoms with Gasteiger partial charge < -0.3 is 9.84 Å². The van der Waals surface area contributed by atoms with E-state index in [2.05, 4.69) is 18.2 Å². The quantitative estimate of drug-likeness (QED) is 0.550. The Kier molecular flexibility index (Phi) is 3.03. The van der Waals surface area contributed by atoms with Crippen molar-refractivity contribution >= 4 is 48.3 Å². The summed E-state index contributed by atoms with van der Waals surface area (Å²) < 4.78 is 7.43. The summed E-state index contributed by atoms with van der Waals surface area (Å²) in [5.74, 6) is -0.121. The number of aryl methyl sites for hydroxylation is 1. The molecule has 3 nitrogen and oxygen atoms in total. The second-order valence-corrected chi connectivity index (χ2v) is 6.67. The molecular formula is C19H14O3S. The largest absolute Gasteiger partial charge is 0.497 e. The number of methoxy groups -OCH3 is 1. The van der Waals surface area contributed by atoms with Crippen LogP contribution in [0.1, 0.15) is 15.9 Å². The second-order valence-electron chi connectivity index (χ2n) is 5.62. The predicted molar refractivity (Wildman–Crippen MR) is 95.1 cm³/mol. The molecule has 0 atom stereocenters. The van der Waals surface area contributed by atoms with Crippen LogP contribution in [0.15, 0.2) is 42.5 Å². The number of hydrogen-bond acceptors (Lipinski definition) is 3. The van der Waals surface area contributed by atoms with Crippen molar-refractivity contribution in [2.75, 3.05) is 7.11 Å². The summed E-state index contributed by atoms with van der Waals surface area (Å²) in [6, 6.07) is 13.7. The Balaban J connectivity index is 2.28. The van der Waals surface area contributed by atoms with Crippen LogP contribution in [0.3, 0.4) is 0 Å². The molecule has 4 aromatic rings. The van der Waals surface area contributed by atoms with Crippen LogP contribution in [0.2, 0.25) is 0 Å². The van der Waals surface area contributed by atoms with E-state index in [4.69, 9.17) is 4.74 Å². The Morgan fingerprint density at radius 2 is 1.91 bits per heavy atom. The van der Waals surface area contributed by atoms with Crippen molar-refractivity contribution in [2.45, 2.75) is 6.92 Å². The lowest BCUT2D eigenvalue weighted by Gasteiger charge is -2.06. The monoisotopic (exact) mass is 322 g/mol. The predicted octanol–water partition coefficient (Wildman–Crippen LogP) is 5.22. The summed E-state index contributed by atoms with van der Waals surface area (Å²) in [4.78, 5) is 11.8. The van der Waals surface area contributed by atoms with Gasteiger partial charge in [-0.05, 0) is 42.6 Å². The molecule has 0 unspecified atom stereocenters. The smallest absolute Gasteiger partial charge is 0.336 e. The lowest BCUT2D eigenvalue weighted by Crippen LogP contribution is -1.97. The van der Waals surface area contributed by atoms with E-state index in [-0.39, 0.29) is 0 Å². The first-order valence-corrected chi connectivity index (χ1v) is 8.07. The lowest BCUT2D eigenvalue weighted by molar-refractivity contribution is 0.0699. The minimum Gasteiger partial charge on any atom is -0.497 e. The SMILES string of the molecule is COc1ccc2cc(C(=O)O)c3c4cc(C)ccc4sc3c2c1. The van der Waals surface area contributed by atoms with E-state index in [9.17, 15) is 9.90 Å². The summed E-state index contributed by atoms with van der Waals surface area (Å²) >= 11 is 1.63. The number of carboxylic acid groups (broad SMARTS) is 1. The molecule has 23 heavy (non-hydrogen) atoms. The van der Waals surface area contributed by atoms with Crippen LogP contribution >= 0.6 is 11.3 Å². The average molecular weight is 322 g/mol. The number of hydrogen-bond donors (Lipinski definition) is 1. The molecular weight excluding hydrogens is 308 g/mol. The van der Waals surface area contributed by atoms with Gasteiger partial charge in [0.1, 0.15) is 5.75 Å². The first-order valence-electron chi connectivity index (χ1n) is 7.25. The van der Waals surface area contributed by atoms with Gasteiger partial charge >= 0.3 is 5.97 Å². The highest BCUT2D eigenvalue weighted by molar-refractivity contribution is 7.26. The van der Waals surface area contributed by atoms with Gasteiger partial charge in [-0.2, -0.15) is 0 Å². The molecule has 0 aliphatic carbocycles. The molecule has 0 amide bonds. The molecule has 4 rings (SSSR count). The molecule has 1 N–H and O–H groups in total. The molecule has 0 spiro atoms. The van der Waals surface area contributed by atoms with Crippen LogP contribution in [-0.2, 0) is 0 Å². The summed E-state index contributed by atoms with van der Waals surface area (Å²) in [5.41, 5.74) is 1.48. The van der Waals surface area contributed by atoms with Crippen LogP contribution in [0, 0.1) is 6.92 Å². The van der Waals surface area contributed by atoms with Crippen LogP contribution in [-0.4, -0.2) is 18.2 Å². The Morgan fingerprint density at radius 1 is 1.09 bits per heavy atom. The second kappa shape index (κ2) is 4.96. The molecule has 1 heterocycles. The first-order chi connectivity index (χ1) is 11.1. The molecule has 114 valence electrons. The van der Waals surface area contributed by atoms with Gasteiger partial charge in [-0.3, -0.25) is 0 Å². The highest BCUT2D eigenvalue weighted by atomic mass is 32.1. The Labute approximate surface area is 136 Å². The number of carboxylic acids is 1.